The van der Waals surface area contributed by atoms with E-state index in [0.29, 0.717) is 41.5 Å². The van der Waals surface area contributed by atoms with E-state index in [1.165, 1.54) is 24.3 Å². The number of aromatic hydroxyl groups is 1. The minimum Gasteiger partial charge on any atom is -0.508 e. The van der Waals surface area contributed by atoms with Crippen LogP contribution in [0.25, 0.3) is 32.9 Å². The van der Waals surface area contributed by atoms with Gasteiger partial charge in [-0.15, -0.1) is 6.42 Å². The molecule has 2 aromatic carbocycles. The monoisotopic (exact) mass is 599 g/mol. The van der Waals surface area contributed by atoms with Crippen LogP contribution in [0.5, 0.6) is 11.8 Å². The van der Waals surface area contributed by atoms with Gasteiger partial charge < -0.3 is 14.7 Å². The summed E-state index contributed by atoms with van der Waals surface area (Å²) in [4.78, 5) is 18.3. The van der Waals surface area contributed by atoms with Crippen molar-refractivity contribution in [2.45, 2.75) is 62.7 Å². The molecule has 2 aliphatic carbocycles. The minimum atomic E-state index is -0.906. The van der Waals surface area contributed by atoms with E-state index in [0.717, 1.165) is 51.6 Å². The zero-order valence-electron chi connectivity index (χ0n) is 24.2. The van der Waals surface area contributed by atoms with Crippen molar-refractivity contribution in [3.05, 3.63) is 47.7 Å². The number of alkyl halides is 1. The minimum absolute atomic E-state index is 0.0159. The summed E-state index contributed by atoms with van der Waals surface area (Å²) in [5.74, 6) is 2.00. The standard InChI is InChI=1S/C34H32F3N5O2/c1-2-24-27(36)9-6-20-12-23(43)13-25(28(20)24)30-29(37)31-26(15-38-30)32(42(22-7-8-22)16-19-4-5-19)40-33(39-31)44-18-34-10-3-11-41(34)17-21(35)14-34/h1,6,9,12-13,15,19,21-22,43H,3-5,7-8,10-11,14,16-18H2/t21-,34+/m1/s1. The van der Waals surface area contributed by atoms with Gasteiger partial charge in [0.05, 0.1) is 16.5 Å². The SMILES string of the molecule is C#Cc1c(F)ccc2cc(O)cc(-c3ncc4c(N(CC5CC5)C5CC5)nc(OC[C@@]56CCCN5C[C@H](F)C6)nc4c3F)c12. The number of terminal acetylenes is 1. The Morgan fingerprint density at radius 1 is 1.16 bits per heavy atom. The first-order valence-corrected chi connectivity index (χ1v) is 15.4. The van der Waals surface area contributed by atoms with Crippen LogP contribution in [0.15, 0.2) is 30.5 Å². The van der Waals surface area contributed by atoms with Crippen LogP contribution in [0.1, 0.15) is 50.5 Å². The number of pyridine rings is 1. The Morgan fingerprint density at radius 3 is 2.77 bits per heavy atom. The highest BCUT2D eigenvalue weighted by atomic mass is 19.1. The first-order chi connectivity index (χ1) is 21.3. The first kappa shape index (κ1) is 27.4. The largest absolute Gasteiger partial charge is 0.508 e. The fourth-order valence-corrected chi connectivity index (χ4v) is 7.27. The molecule has 226 valence electrons. The maximum absolute atomic E-state index is 16.8. The Labute approximate surface area is 253 Å². The number of anilines is 1. The Bertz CT molecular complexity index is 1850. The molecule has 7 nitrogen and oxygen atoms in total. The predicted molar refractivity (Wildman–Crippen MR) is 161 cm³/mol. The summed E-state index contributed by atoms with van der Waals surface area (Å²) < 4.78 is 52.2. The quantitative estimate of drug-likeness (QED) is 0.244. The molecular formula is C34H32F3N5O2. The lowest BCUT2D eigenvalue weighted by molar-refractivity contribution is 0.107. The summed E-state index contributed by atoms with van der Waals surface area (Å²) in [6, 6.07) is 5.83. The molecule has 0 bridgehead atoms. The van der Waals surface area contributed by atoms with Crippen molar-refractivity contribution in [1.82, 2.24) is 19.9 Å². The van der Waals surface area contributed by atoms with Crippen LogP contribution in [0.4, 0.5) is 19.0 Å². The van der Waals surface area contributed by atoms with E-state index in [2.05, 4.69) is 25.7 Å². The van der Waals surface area contributed by atoms with Crippen LogP contribution in [0.2, 0.25) is 0 Å². The molecule has 4 aromatic rings. The number of halogens is 3. The number of nitrogens with zero attached hydrogens (tertiary/aromatic N) is 5. The molecule has 4 fully saturated rings. The highest BCUT2D eigenvalue weighted by Crippen LogP contribution is 2.43. The smallest absolute Gasteiger partial charge is 0.319 e. The van der Waals surface area contributed by atoms with Gasteiger partial charge in [0.1, 0.15) is 41.4 Å². The maximum Gasteiger partial charge on any atom is 0.319 e. The number of aromatic nitrogens is 3. The molecular weight excluding hydrogens is 567 g/mol. The molecule has 2 aliphatic heterocycles. The van der Waals surface area contributed by atoms with Crippen LogP contribution in [-0.2, 0) is 0 Å². The van der Waals surface area contributed by atoms with Crippen LogP contribution < -0.4 is 9.64 Å². The second-order valence-corrected chi connectivity index (χ2v) is 12.9. The van der Waals surface area contributed by atoms with Gasteiger partial charge in [-0.1, -0.05) is 12.0 Å². The summed E-state index contributed by atoms with van der Waals surface area (Å²) in [7, 11) is 0. The lowest BCUT2D eigenvalue weighted by Crippen LogP contribution is -2.43. The molecule has 2 saturated carbocycles. The van der Waals surface area contributed by atoms with Gasteiger partial charge in [-0.25, -0.2) is 13.2 Å². The number of phenolic OH excluding ortho intramolecular Hbond substituents is 1. The molecule has 0 radical (unpaired) electrons. The van der Waals surface area contributed by atoms with Gasteiger partial charge in [0.15, 0.2) is 5.82 Å². The molecule has 0 spiro atoms. The van der Waals surface area contributed by atoms with Crippen LogP contribution in [0.3, 0.4) is 0 Å². The first-order valence-electron chi connectivity index (χ1n) is 15.4. The summed E-state index contributed by atoms with van der Waals surface area (Å²) in [6.45, 7) is 2.24. The fraction of sp³-hybridized carbons (Fsp3) is 0.441. The highest BCUT2D eigenvalue weighted by molar-refractivity contribution is 6.03. The molecule has 44 heavy (non-hydrogen) atoms. The Morgan fingerprint density at radius 2 is 2.00 bits per heavy atom. The van der Waals surface area contributed by atoms with Crippen LogP contribution in [-0.4, -0.2) is 69.0 Å². The Hall–Kier alpha value is -4.10. The fourth-order valence-electron chi connectivity index (χ4n) is 7.27. The Kier molecular flexibility index (Phi) is 6.38. The molecule has 10 heteroatoms. The third kappa shape index (κ3) is 4.60. The van der Waals surface area contributed by atoms with E-state index in [9.17, 15) is 13.9 Å². The number of hydrogen-bond acceptors (Lipinski definition) is 7. The van der Waals surface area contributed by atoms with E-state index in [1.807, 2.05) is 0 Å². The zero-order chi connectivity index (χ0) is 30.2. The van der Waals surface area contributed by atoms with Crippen molar-refractivity contribution in [1.29, 1.82) is 0 Å². The van der Waals surface area contributed by atoms with E-state index in [1.54, 1.807) is 6.20 Å². The van der Waals surface area contributed by atoms with Crippen molar-refractivity contribution in [3.8, 4) is 35.4 Å². The van der Waals surface area contributed by atoms with Crippen molar-refractivity contribution in [2.75, 3.05) is 31.1 Å². The van der Waals surface area contributed by atoms with E-state index >= 15 is 4.39 Å². The molecule has 0 amide bonds. The molecule has 2 saturated heterocycles. The van der Waals surface area contributed by atoms with Gasteiger partial charge in [-0.05, 0) is 74.6 Å². The molecule has 2 atom stereocenters. The molecule has 8 rings (SSSR count). The summed E-state index contributed by atoms with van der Waals surface area (Å²) in [5.41, 5.74) is -0.402. The third-order valence-electron chi connectivity index (χ3n) is 9.74. The topological polar surface area (TPSA) is 74.6 Å². The second-order valence-electron chi connectivity index (χ2n) is 12.9. The van der Waals surface area contributed by atoms with Crippen molar-refractivity contribution in [3.63, 3.8) is 0 Å². The van der Waals surface area contributed by atoms with Gasteiger partial charge in [0.2, 0.25) is 0 Å². The van der Waals surface area contributed by atoms with Crippen molar-refractivity contribution in [2.24, 2.45) is 5.92 Å². The van der Waals surface area contributed by atoms with Crippen molar-refractivity contribution >= 4 is 27.5 Å². The van der Waals surface area contributed by atoms with E-state index in [4.69, 9.17) is 16.1 Å². The van der Waals surface area contributed by atoms with Gasteiger partial charge >= 0.3 is 6.01 Å². The molecule has 4 aliphatic rings. The molecule has 4 heterocycles. The second kappa shape index (κ2) is 10.2. The normalized spacial score (nSPS) is 23.3. The Balaban J connectivity index is 1.28. The number of hydrogen-bond donors (Lipinski definition) is 1. The molecule has 1 N–H and O–H groups in total. The number of fused-ring (bicyclic) bond motifs is 3. The van der Waals surface area contributed by atoms with Gasteiger partial charge in [0, 0.05) is 42.7 Å². The van der Waals surface area contributed by atoms with Gasteiger partial charge in [0.25, 0.3) is 0 Å². The maximum atomic E-state index is 16.8. The number of rotatable bonds is 8. The average molecular weight is 600 g/mol. The molecule has 2 aromatic heterocycles. The predicted octanol–water partition coefficient (Wildman–Crippen LogP) is 6.14. The summed E-state index contributed by atoms with van der Waals surface area (Å²) in [6.07, 6.45) is 12.8. The summed E-state index contributed by atoms with van der Waals surface area (Å²) in [5, 5.41) is 11.7. The number of ether oxygens (including phenoxy) is 1. The number of benzene rings is 2. The lowest BCUT2D eigenvalue weighted by atomic mass is 9.95. The van der Waals surface area contributed by atoms with Crippen LogP contribution in [0, 0.1) is 29.9 Å². The summed E-state index contributed by atoms with van der Waals surface area (Å²) >= 11 is 0. The lowest BCUT2D eigenvalue weighted by Gasteiger charge is -2.31. The third-order valence-corrected chi connectivity index (χ3v) is 9.74. The number of phenols is 1. The van der Waals surface area contributed by atoms with E-state index in [-0.39, 0.29) is 46.1 Å². The van der Waals surface area contributed by atoms with E-state index < -0.39 is 23.3 Å². The van der Waals surface area contributed by atoms with Crippen LogP contribution >= 0.6 is 0 Å². The highest BCUT2D eigenvalue weighted by Gasteiger charge is 2.49. The average Bonchev–Trinajstić information content (AvgIpc) is 3.93. The van der Waals surface area contributed by atoms with Crippen molar-refractivity contribution < 1.29 is 23.0 Å². The van der Waals surface area contributed by atoms with Gasteiger partial charge in [-0.2, -0.15) is 9.97 Å². The molecule has 0 unspecified atom stereocenters. The zero-order valence-corrected chi connectivity index (χ0v) is 24.2. The van der Waals surface area contributed by atoms with Gasteiger partial charge in [-0.3, -0.25) is 9.88 Å².